The SMILES string of the molecule is CNCC(C)C(=O)Nc1ccc(-c2nc(C)cs2)cc1. The highest BCUT2D eigenvalue weighted by molar-refractivity contribution is 7.13. The van der Waals surface area contributed by atoms with Crippen molar-refractivity contribution in [2.75, 3.05) is 18.9 Å². The first kappa shape index (κ1) is 14.7. The van der Waals surface area contributed by atoms with Crippen molar-refractivity contribution in [2.45, 2.75) is 13.8 Å². The highest BCUT2D eigenvalue weighted by atomic mass is 32.1. The minimum Gasteiger partial charge on any atom is -0.326 e. The summed E-state index contributed by atoms with van der Waals surface area (Å²) in [6, 6.07) is 7.79. The van der Waals surface area contributed by atoms with Crippen LogP contribution in [0, 0.1) is 12.8 Å². The molecule has 0 bridgehead atoms. The van der Waals surface area contributed by atoms with E-state index in [1.807, 2.05) is 50.5 Å². The number of hydrogen-bond acceptors (Lipinski definition) is 4. The fourth-order valence-corrected chi connectivity index (χ4v) is 2.65. The van der Waals surface area contributed by atoms with E-state index in [-0.39, 0.29) is 11.8 Å². The van der Waals surface area contributed by atoms with Gasteiger partial charge in [-0.05, 0) is 38.2 Å². The molecule has 0 spiro atoms. The Bertz CT molecular complexity index is 577. The number of hydrogen-bond donors (Lipinski definition) is 2. The summed E-state index contributed by atoms with van der Waals surface area (Å²) in [5.74, 6) is -0.0292. The highest BCUT2D eigenvalue weighted by Crippen LogP contribution is 2.24. The number of carbonyl (C=O) groups is 1. The molecule has 0 saturated carbocycles. The van der Waals surface area contributed by atoms with Crippen LogP contribution in [0.4, 0.5) is 5.69 Å². The maximum absolute atomic E-state index is 11.9. The van der Waals surface area contributed by atoms with E-state index in [1.54, 1.807) is 11.3 Å². The Balaban J connectivity index is 2.03. The first-order valence-electron chi connectivity index (χ1n) is 6.58. The Kier molecular flexibility index (Phi) is 4.87. The molecule has 1 amide bonds. The fourth-order valence-electron chi connectivity index (χ4n) is 1.85. The molecule has 106 valence electrons. The Hall–Kier alpha value is -1.72. The Labute approximate surface area is 123 Å². The molecule has 2 rings (SSSR count). The number of carbonyl (C=O) groups excluding carboxylic acids is 1. The van der Waals surface area contributed by atoms with Crippen molar-refractivity contribution in [1.29, 1.82) is 0 Å². The monoisotopic (exact) mass is 289 g/mol. The van der Waals surface area contributed by atoms with Gasteiger partial charge in [0.15, 0.2) is 0 Å². The van der Waals surface area contributed by atoms with E-state index in [1.165, 1.54) is 0 Å². The van der Waals surface area contributed by atoms with Crippen LogP contribution in [0.3, 0.4) is 0 Å². The number of thiazole rings is 1. The van der Waals surface area contributed by atoms with Gasteiger partial charge in [-0.15, -0.1) is 11.3 Å². The van der Waals surface area contributed by atoms with Gasteiger partial charge in [-0.3, -0.25) is 4.79 Å². The lowest BCUT2D eigenvalue weighted by molar-refractivity contribution is -0.119. The predicted molar refractivity (Wildman–Crippen MR) is 84.0 cm³/mol. The largest absolute Gasteiger partial charge is 0.326 e. The molecule has 2 aromatic rings. The molecule has 4 nitrogen and oxygen atoms in total. The van der Waals surface area contributed by atoms with Crippen molar-refractivity contribution in [3.8, 4) is 10.6 Å². The molecule has 0 saturated heterocycles. The van der Waals surface area contributed by atoms with Crippen molar-refractivity contribution < 1.29 is 4.79 Å². The molecule has 5 heteroatoms. The van der Waals surface area contributed by atoms with Crippen LogP contribution < -0.4 is 10.6 Å². The van der Waals surface area contributed by atoms with Crippen LogP contribution in [-0.4, -0.2) is 24.5 Å². The number of benzene rings is 1. The first-order chi connectivity index (χ1) is 9.60. The van der Waals surface area contributed by atoms with E-state index >= 15 is 0 Å². The molecule has 0 aliphatic carbocycles. The summed E-state index contributed by atoms with van der Waals surface area (Å²) in [6.07, 6.45) is 0. The average Bonchev–Trinajstić information content (AvgIpc) is 2.86. The smallest absolute Gasteiger partial charge is 0.228 e. The van der Waals surface area contributed by atoms with Crippen LogP contribution in [0.2, 0.25) is 0 Å². The summed E-state index contributed by atoms with van der Waals surface area (Å²) in [5.41, 5.74) is 2.92. The third-order valence-corrected chi connectivity index (χ3v) is 3.99. The second-order valence-corrected chi connectivity index (χ2v) is 5.68. The van der Waals surface area contributed by atoms with Gasteiger partial charge in [0.05, 0.1) is 0 Å². The van der Waals surface area contributed by atoms with Crippen molar-refractivity contribution in [3.63, 3.8) is 0 Å². The van der Waals surface area contributed by atoms with E-state index in [4.69, 9.17) is 0 Å². The zero-order valence-corrected chi connectivity index (χ0v) is 12.8. The van der Waals surface area contributed by atoms with Crippen molar-refractivity contribution in [1.82, 2.24) is 10.3 Å². The van der Waals surface area contributed by atoms with E-state index in [2.05, 4.69) is 15.6 Å². The van der Waals surface area contributed by atoms with Crippen LogP contribution in [0.1, 0.15) is 12.6 Å². The van der Waals surface area contributed by atoms with Crippen molar-refractivity contribution in [3.05, 3.63) is 35.3 Å². The van der Waals surface area contributed by atoms with E-state index in [0.29, 0.717) is 6.54 Å². The summed E-state index contributed by atoms with van der Waals surface area (Å²) < 4.78 is 0. The zero-order chi connectivity index (χ0) is 14.5. The molecular formula is C15H19N3OS. The Morgan fingerprint density at radius 2 is 2.05 bits per heavy atom. The summed E-state index contributed by atoms with van der Waals surface area (Å²) in [5, 5.41) is 8.95. The molecule has 1 heterocycles. The Morgan fingerprint density at radius 3 is 2.60 bits per heavy atom. The van der Waals surface area contributed by atoms with Gasteiger partial charge >= 0.3 is 0 Å². The quantitative estimate of drug-likeness (QED) is 0.890. The molecule has 0 radical (unpaired) electrons. The molecule has 20 heavy (non-hydrogen) atoms. The van der Waals surface area contributed by atoms with Crippen molar-refractivity contribution >= 4 is 22.9 Å². The van der Waals surface area contributed by atoms with E-state index in [9.17, 15) is 4.79 Å². The minimum absolute atomic E-state index is 0.0252. The lowest BCUT2D eigenvalue weighted by Crippen LogP contribution is -2.28. The van der Waals surface area contributed by atoms with Gasteiger partial charge in [0.1, 0.15) is 5.01 Å². The maximum atomic E-state index is 11.9. The molecule has 1 aromatic heterocycles. The minimum atomic E-state index is -0.0544. The van der Waals surface area contributed by atoms with Gasteiger partial charge in [0, 0.05) is 34.8 Å². The third-order valence-electron chi connectivity index (χ3n) is 2.98. The fraction of sp³-hybridized carbons (Fsp3) is 0.333. The molecule has 0 aliphatic heterocycles. The second kappa shape index (κ2) is 6.63. The molecule has 0 aliphatic rings. The molecular weight excluding hydrogens is 270 g/mol. The van der Waals surface area contributed by atoms with E-state index in [0.717, 1.165) is 22.0 Å². The number of rotatable bonds is 5. The Morgan fingerprint density at radius 1 is 1.35 bits per heavy atom. The topological polar surface area (TPSA) is 54.0 Å². The van der Waals surface area contributed by atoms with Gasteiger partial charge in [-0.25, -0.2) is 4.98 Å². The summed E-state index contributed by atoms with van der Waals surface area (Å²) >= 11 is 1.63. The number of nitrogens with zero attached hydrogens (tertiary/aromatic N) is 1. The molecule has 1 aromatic carbocycles. The summed E-state index contributed by atoms with van der Waals surface area (Å²) in [6.45, 7) is 4.55. The third kappa shape index (κ3) is 3.65. The van der Waals surface area contributed by atoms with Crippen LogP contribution in [0.25, 0.3) is 10.6 Å². The average molecular weight is 289 g/mol. The number of amides is 1. The van der Waals surface area contributed by atoms with Gasteiger partial charge in [-0.1, -0.05) is 6.92 Å². The highest BCUT2D eigenvalue weighted by Gasteiger charge is 2.11. The van der Waals surface area contributed by atoms with Gasteiger partial charge in [0.25, 0.3) is 0 Å². The summed E-state index contributed by atoms with van der Waals surface area (Å²) in [7, 11) is 1.84. The first-order valence-corrected chi connectivity index (χ1v) is 7.46. The number of aryl methyl sites for hydroxylation is 1. The van der Waals surface area contributed by atoms with Crippen LogP contribution in [0.5, 0.6) is 0 Å². The zero-order valence-electron chi connectivity index (χ0n) is 11.9. The normalized spacial score (nSPS) is 12.2. The van der Waals surface area contributed by atoms with Gasteiger partial charge in [-0.2, -0.15) is 0 Å². The maximum Gasteiger partial charge on any atom is 0.228 e. The second-order valence-electron chi connectivity index (χ2n) is 4.82. The van der Waals surface area contributed by atoms with Gasteiger partial charge < -0.3 is 10.6 Å². The summed E-state index contributed by atoms with van der Waals surface area (Å²) in [4.78, 5) is 16.3. The number of anilines is 1. The van der Waals surface area contributed by atoms with Crippen molar-refractivity contribution in [2.24, 2.45) is 5.92 Å². The predicted octanol–water partition coefficient (Wildman–Crippen LogP) is 2.91. The standard InChI is InChI=1S/C15H19N3OS/c1-10(8-16-3)14(19)18-13-6-4-12(5-7-13)15-17-11(2)9-20-15/h4-7,9-10,16H,8H2,1-3H3,(H,18,19). The van der Waals surface area contributed by atoms with Crippen LogP contribution in [-0.2, 0) is 4.79 Å². The van der Waals surface area contributed by atoms with E-state index < -0.39 is 0 Å². The van der Waals surface area contributed by atoms with Crippen LogP contribution in [0.15, 0.2) is 29.6 Å². The molecule has 2 N–H and O–H groups in total. The van der Waals surface area contributed by atoms with Crippen LogP contribution >= 0.6 is 11.3 Å². The molecule has 1 unspecified atom stereocenters. The lowest BCUT2D eigenvalue weighted by atomic mass is 10.1. The lowest BCUT2D eigenvalue weighted by Gasteiger charge is -2.11. The number of nitrogens with one attached hydrogen (secondary N) is 2. The van der Waals surface area contributed by atoms with Gasteiger partial charge in [0.2, 0.25) is 5.91 Å². The molecule has 1 atom stereocenters. The molecule has 0 fully saturated rings. The number of aromatic nitrogens is 1.